The number of carboxylic acid groups (broad SMARTS) is 1. The maximum atomic E-state index is 10.3. The lowest BCUT2D eigenvalue weighted by molar-refractivity contribution is -0.178. The third-order valence-corrected chi connectivity index (χ3v) is 1.94. The van der Waals surface area contributed by atoms with Crippen LogP contribution in [0.3, 0.4) is 0 Å². The lowest BCUT2D eigenvalue weighted by Gasteiger charge is -2.01. The number of nitrogens with one attached hydrogen (secondary N) is 1. The van der Waals surface area contributed by atoms with E-state index in [9.17, 15) is 4.79 Å². The molecule has 0 aromatic heterocycles. The topological polar surface area (TPSA) is 108 Å². The lowest BCUT2D eigenvalue weighted by Crippen LogP contribution is -2.19. The van der Waals surface area contributed by atoms with E-state index in [0.29, 0.717) is 0 Å². The summed E-state index contributed by atoms with van der Waals surface area (Å²) in [7, 11) is 0. The minimum Gasteiger partial charge on any atom is -0.478 e. The average molecular weight is 294 g/mol. The van der Waals surface area contributed by atoms with Gasteiger partial charge in [0.15, 0.2) is 0 Å². The highest BCUT2D eigenvalue weighted by Gasteiger charge is 2.04. The van der Waals surface area contributed by atoms with Crippen molar-refractivity contribution < 1.29 is 29.8 Å². The molecule has 0 amide bonds. The molecule has 8 heteroatoms. The molecule has 1 aromatic rings. The van der Waals surface area contributed by atoms with Gasteiger partial charge in [0, 0.05) is 0 Å². The Morgan fingerprint density at radius 2 is 1.68 bits per heavy atom. The van der Waals surface area contributed by atoms with Gasteiger partial charge in [-0.2, -0.15) is 0 Å². The number of hydrogen-bond acceptors (Lipinski definition) is 6. The van der Waals surface area contributed by atoms with Crippen LogP contribution >= 0.6 is 11.6 Å². The molecule has 108 valence electrons. The standard InChI is InChI=1S/C7H5ClO2.C4H11NO4/c8-6-4-2-1-3-5(6)7(9)10;6-1-3-8-5-9-4-2-7/h1-4H,(H,9,10);5-7H,1-4H2. The maximum Gasteiger partial charge on any atom is 0.337 e. The van der Waals surface area contributed by atoms with Gasteiger partial charge < -0.3 is 15.3 Å². The monoisotopic (exact) mass is 293 g/mol. The Hall–Kier alpha value is -1.22. The molecule has 19 heavy (non-hydrogen) atoms. The Morgan fingerprint density at radius 3 is 2.05 bits per heavy atom. The van der Waals surface area contributed by atoms with Crippen LogP contribution in [0.25, 0.3) is 0 Å². The number of hydrogen-bond donors (Lipinski definition) is 4. The van der Waals surface area contributed by atoms with E-state index >= 15 is 0 Å². The second-order valence-electron chi connectivity index (χ2n) is 3.01. The summed E-state index contributed by atoms with van der Waals surface area (Å²) in [5.74, 6) is -0.995. The third kappa shape index (κ3) is 9.37. The van der Waals surface area contributed by atoms with Crippen molar-refractivity contribution in [2.45, 2.75) is 0 Å². The molecule has 0 saturated carbocycles. The van der Waals surface area contributed by atoms with Crippen molar-refractivity contribution in [3.05, 3.63) is 34.9 Å². The summed E-state index contributed by atoms with van der Waals surface area (Å²) in [6.45, 7) is 0.224. The van der Waals surface area contributed by atoms with Crippen LogP contribution in [0.5, 0.6) is 0 Å². The third-order valence-electron chi connectivity index (χ3n) is 1.61. The predicted octanol–water partition coefficient (Wildman–Crippen LogP) is 0.462. The molecule has 4 N–H and O–H groups in total. The van der Waals surface area contributed by atoms with Gasteiger partial charge in [-0.3, -0.25) is 9.68 Å². The van der Waals surface area contributed by atoms with Crippen molar-refractivity contribution >= 4 is 17.6 Å². The van der Waals surface area contributed by atoms with Crippen LogP contribution in [0.15, 0.2) is 24.3 Å². The fourth-order valence-electron chi connectivity index (χ4n) is 0.851. The normalized spacial score (nSPS) is 9.63. The van der Waals surface area contributed by atoms with Gasteiger partial charge >= 0.3 is 5.97 Å². The molecule has 0 radical (unpaired) electrons. The van der Waals surface area contributed by atoms with Gasteiger partial charge in [-0.25, -0.2) is 4.79 Å². The van der Waals surface area contributed by atoms with Crippen molar-refractivity contribution in [2.75, 3.05) is 26.4 Å². The fraction of sp³-hybridized carbons (Fsp3) is 0.364. The zero-order chi connectivity index (χ0) is 14.5. The second kappa shape index (κ2) is 11.8. The van der Waals surface area contributed by atoms with Crippen LogP contribution in [-0.2, 0) is 9.68 Å². The quantitative estimate of drug-likeness (QED) is 0.427. The summed E-state index contributed by atoms with van der Waals surface area (Å²) >= 11 is 5.54. The van der Waals surface area contributed by atoms with E-state index in [0.717, 1.165) is 0 Å². The first-order valence-corrected chi connectivity index (χ1v) is 5.69. The highest BCUT2D eigenvalue weighted by atomic mass is 35.5. The summed E-state index contributed by atoms with van der Waals surface area (Å²) in [6, 6.07) is 6.33. The number of aliphatic hydroxyl groups is 2. The van der Waals surface area contributed by atoms with Crippen molar-refractivity contribution in [1.29, 1.82) is 0 Å². The molecule has 0 aliphatic carbocycles. The Morgan fingerprint density at radius 1 is 1.16 bits per heavy atom. The molecule has 0 bridgehead atoms. The predicted molar refractivity (Wildman–Crippen MR) is 67.6 cm³/mol. The summed E-state index contributed by atoms with van der Waals surface area (Å²) in [6.07, 6.45) is 0. The number of halogens is 1. The molecule has 0 aliphatic rings. The number of carboxylic acids is 1. The summed E-state index contributed by atoms with van der Waals surface area (Å²) < 4.78 is 0. The van der Waals surface area contributed by atoms with Gasteiger partial charge in [0.1, 0.15) is 0 Å². The highest BCUT2D eigenvalue weighted by Crippen LogP contribution is 2.13. The minimum absolute atomic E-state index is 0.0600. The molecule has 0 aliphatic heterocycles. The first-order chi connectivity index (χ1) is 9.13. The molecule has 0 spiro atoms. The fourth-order valence-corrected chi connectivity index (χ4v) is 1.07. The molecular weight excluding hydrogens is 278 g/mol. The summed E-state index contributed by atoms with van der Waals surface area (Å²) in [4.78, 5) is 19.2. The zero-order valence-electron chi connectivity index (χ0n) is 10.1. The molecule has 0 atom stereocenters. The van der Waals surface area contributed by atoms with Crippen LogP contribution in [0, 0.1) is 0 Å². The van der Waals surface area contributed by atoms with Crippen molar-refractivity contribution in [3.63, 3.8) is 0 Å². The number of aromatic carboxylic acids is 1. The average Bonchev–Trinajstić information content (AvgIpc) is 2.40. The largest absolute Gasteiger partial charge is 0.478 e. The van der Waals surface area contributed by atoms with Gasteiger partial charge in [0.25, 0.3) is 0 Å². The Kier molecular flexibility index (Phi) is 11.1. The van der Waals surface area contributed by atoms with Crippen molar-refractivity contribution in [1.82, 2.24) is 5.64 Å². The van der Waals surface area contributed by atoms with Crippen LogP contribution in [0.1, 0.15) is 10.4 Å². The number of rotatable bonds is 7. The smallest absolute Gasteiger partial charge is 0.337 e. The van der Waals surface area contributed by atoms with Crippen molar-refractivity contribution in [3.8, 4) is 0 Å². The molecule has 0 saturated heterocycles. The maximum absolute atomic E-state index is 10.3. The molecular formula is C11H16ClNO6. The van der Waals surface area contributed by atoms with Crippen LogP contribution < -0.4 is 5.64 Å². The van der Waals surface area contributed by atoms with Crippen LogP contribution in [0.4, 0.5) is 0 Å². The van der Waals surface area contributed by atoms with E-state index in [2.05, 4.69) is 15.3 Å². The van der Waals surface area contributed by atoms with E-state index < -0.39 is 5.97 Å². The van der Waals surface area contributed by atoms with Gasteiger partial charge in [0.05, 0.1) is 37.0 Å². The SMILES string of the molecule is O=C(O)c1ccccc1Cl.OCCONOCCO. The summed E-state index contributed by atoms with van der Waals surface area (Å²) in [5.41, 5.74) is 2.21. The van der Waals surface area contributed by atoms with Gasteiger partial charge in [0.2, 0.25) is 0 Å². The van der Waals surface area contributed by atoms with Gasteiger partial charge in [-0.15, -0.1) is 0 Å². The number of benzene rings is 1. The molecule has 0 heterocycles. The minimum atomic E-state index is -0.995. The highest BCUT2D eigenvalue weighted by molar-refractivity contribution is 6.33. The molecule has 0 unspecified atom stereocenters. The molecule has 1 aromatic carbocycles. The van der Waals surface area contributed by atoms with E-state index in [1.54, 1.807) is 18.2 Å². The van der Waals surface area contributed by atoms with E-state index in [1.807, 2.05) is 0 Å². The lowest BCUT2D eigenvalue weighted by atomic mass is 10.2. The zero-order valence-corrected chi connectivity index (χ0v) is 10.8. The number of carbonyl (C=O) groups is 1. The Labute approximate surface area is 115 Å². The molecule has 7 nitrogen and oxygen atoms in total. The Bertz CT molecular complexity index is 357. The van der Waals surface area contributed by atoms with Gasteiger partial charge in [-0.1, -0.05) is 29.4 Å². The first-order valence-electron chi connectivity index (χ1n) is 5.31. The second-order valence-corrected chi connectivity index (χ2v) is 3.42. The van der Waals surface area contributed by atoms with E-state index in [1.165, 1.54) is 6.07 Å². The van der Waals surface area contributed by atoms with Crippen molar-refractivity contribution in [2.24, 2.45) is 0 Å². The molecule has 1 rings (SSSR count). The van der Waals surface area contributed by atoms with Gasteiger partial charge in [-0.05, 0) is 12.1 Å². The number of aliphatic hydroxyl groups excluding tert-OH is 2. The van der Waals surface area contributed by atoms with E-state index in [4.69, 9.17) is 26.9 Å². The molecule has 0 fully saturated rings. The Balaban J connectivity index is 0.000000344. The van der Waals surface area contributed by atoms with E-state index in [-0.39, 0.29) is 37.0 Å². The first kappa shape index (κ1) is 17.8. The van der Waals surface area contributed by atoms with Crippen LogP contribution in [-0.4, -0.2) is 47.7 Å². The van der Waals surface area contributed by atoms with Crippen LogP contribution in [0.2, 0.25) is 5.02 Å². The summed E-state index contributed by atoms with van der Waals surface area (Å²) in [5, 5.41) is 25.1.